The molecule has 1 fully saturated rings. The van der Waals surface area contributed by atoms with Gasteiger partial charge in [-0.05, 0) is 38.5 Å². The number of H-pyrrole nitrogens is 1. The Hall–Kier alpha value is -0.400. The summed E-state index contributed by atoms with van der Waals surface area (Å²) < 4.78 is 26.8. The molecule has 1 aliphatic rings. The van der Waals surface area contributed by atoms with E-state index in [2.05, 4.69) is 30.8 Å². The molecule has 2 rings (SSSR count). The van der Waals surface area contributed by atoms with Gasteiger partial charge in [0.25, 0.3) is 0 Å². The van der Waals surface area contributed by atoms with Gasteiger partial charge in [0, 0.05) is 11.4 Å². The van der Waals surface area contributed by atoms with Crippen LogP contribution in [0.4, 0.5) is 0 Å². The van der Waals surface area contributed by atoms with Gasteiger partial charge in [-0.2, -0.15) is 5.10 Å². The van der Waals surface area contributed by atoms with Gasteiger partial charge >= 0.3 is 0 Å². The third-order valence-electron chi connectivity index (χ3n) is 3.41. The van der Waals surface area contributed by atoms with Crippen molar-refractivity contribution in [1.82, 2.24) is 14.9 Å². The normalized spacial score (nSPS) is 25.2. The lowest BCUT2D eigenvalue weighted by molar-refractivity contribution is 0.366. The molecule has 1 aromatic heterocycles. The summed E-state index contributed by atoms with van der Waals surface area (Å²) >= 11 is 3.60. The highest BCUT2D eigenvalue weighted by Gasteiger charge is 2.23. The Morgan fingerprint density at radius 3 is 2.67 bits per heavy atom. The highest BCUT2D eigenvalue weighted by atomic mass is 79.9. The van der Waals surface area contributed by atoms with Crippen LogP contribution in [0.5, 0.6) is 0 Å². The van der Waals surface area contributed by atoms with Gasteiger partial charge in [-0.15, -0.1) is 0 Å². The molecule has 0 aliphatic heterocycles. The molecule has 0 atom stereocenters. The molecule has 5 nitrogen and oxygen atoms in total. The van der Waals surface area contributed by atoms with Crippen molar-refractivity contribution in [3.05, 3.63) is 11.9 Å². The van der Waals surface area contributed by atoms with Crippen molar-refractivity contribution in [3.8, 4) is 0 Å². The second kappa shape index (κ2) is 5.71. The largest absolute Gasteiger partial charge is 0.281 e. The van der Waals surface area contributed by atoms with Crippen LogP contribution in [0.2, 0.25) is 0 Å². The van der Waals surface area contributed by atoms with Crippen molar-refractivity contribution < 1.29 is 8.42 Å². The van der Waals surface area contributed by atoms with Gasteiger partial charge in [0.15, 0.2) is 0 Å². The predicted molar refractivity (Wildman–Crippen MR) is 73.2 cm³/mol. The molecule has 0 saturated heterocycles. The molecule has 1 saturated carbocycles. The average Bonchev–Trinajstić information content (AvgIpc) is 2.76. The number of aromatic nitrogens is 2. The lowest BCUT2D eigenvalue weighted by Gasteiger charge is -2.25. The van der Waals surface area contributed by atoms with E-state index in [9.17, 15) is 8.42 Å². The van der Waals surface area contributed by atoms with Crippen LogP contribution < -0.4 is 4.72 Å². The molecular weight excluding hydrogens is 318 g/mol. The van der Waals surface area contributed by atoms with Gasteiger partial charge in [-0.25, -0.2) is 13.1 Å². The van der Waals surface area contributed by atoms with E-state index in [1.54, 1.807) is 6.92 Å². The fraction of sp³-hybridized carbons (Fsp3) is 0.727. The van der Waals surface area contributed by atoms with Gasteiger partial charge in [0.2, 0.25) is 10.0 Å². The maximum Gasteiger partial charge on any atom is 0.243 e. The van der Waals surface area contributed by atoms with Gasteiger partial charge < -0.3 is 0 Å². The smallest absolute Gasteiger partial charge is 0.243 e. The number of nitrogens with one attached hydrogen (secondary N) is 2. The quantitative estimate of drug-likeness (QED) is 0.826. The second-order valence-corrected chi connectivity index (χ2v) is 7.86. The molecule has 0 aromatic carbocycles. The van der Waals surface area contributed by atoms with Gasteiger partial charge in [0.05, 0.1) is 11.9 Å². The molecule has 1 aliphatic carbocycles. The van der Waals surface area contributed by atoms with Crippen LogP contribution >= 0.6 is 15.9 Å². The molecule has 0 amide bonds. The first-order chi connectivity index (χ1) is 8.49. The van der Waals surface area contributed by atoms with Crippen molar-refractivity contribution in [2.24, 2.45) is 5.92 Å². The van der Waals surface area contributed by atoms with E-state index in [4.69, 9.17) is 0 Å². The fourth-order valence-corrected chi connectivity index (χ4v) is 4.02. The minimum absolute atomic E-state index is 0.247. The van der Waals surface area contributed by atoms with Crippen molar-refractivity contribution in [1.29, 1.82) is 0 Å². The fourth-order valence-electron chi connectivity index (χ4n) is 2.24. The average molecular weight is 336 g/mol. The summed E-state index contributed by atoms with van der Waals surface area (Å²) in [6.45, 7) is 2.23. The van der Waals surface area contributed by atoms with E-state index in [0.717, 1.165) is 25.7 Å². The molecular formula is C11H18BrN3O2S. The number of aryl methyl sites for hydroxylation is 1. The molecule has 18 heavy (non-hydrogen) atoms. The number of alkyl halides is 1. The lowest BCUT2D eigenvalue weighted by atomic mass is 9.89. The predicted octanol–water partition coefficient (Wildman–Crippen LogP) is 1.95. The Morgan fingerprint density at radius 2 is 2.11 bits per heavy atom. The molecule has 1 aromatic rings. The number of hydrogen-bond acceptors (Lipinski definition) is 3. The van der Waals surface area contributed by atoms with E-state index in [-0.39, 0.29) is 4.90 Å². The zero-order valence-corrected chi connectivity index (χ0v) is 12.7. The highest BCUT2D eigenvalue weighted by Crippen LogP contribution is 2.28. The highest BCUT2D eigenvalue weighted by molar-refractivity contribution is 9.09. The SMILES string of the molecule is Cc1[nH]ncc1S(=O)(=O)NCC1CCC(Br)CC1. The molecule has 1 heterocycles. The summed E-state index contributed by atoms with van der Waals surface area (Å²) in [5, 5.41) is 6.39. The summed E-state index contributed by atoms with van der Waals surface area (Å²) in [4.78, 5) is 0.846. The van der Waals surface area contributed by atoms with Crippen LogP contribution in [-0.4, -0.2) is 30.0 Å². The van der Waals surface area contributed by atoms with Gasteiger partial charge in [0.1, 0.15) is 4.90 Å². The van der Waals surface area contributed by atoms with E-state index in [1.807, 2.05) is 0 Å². The number of aromatic amines is 1. The van der Waals surface area contributed by atoms with Crippen LogP contribution in [0, 0.1) is 12.8 Å². The summed E-state index contributed by atoms with van der Waals surface area (Å²) in [6, 6.07) is 0. The van der Waals surface area contributed by atoms with E-state index >= 15 is 0 Å². The lowest BCUT2D eigenvalue weighted by Crippen LogP contribution is -2.31. The number of halogens is 1. The Kier molecular flexibility index (Phi) is 4.45. The molecule has 102 valence electrons. The summed E-state index contributed by atoms with van der Waals surface area (Å²) in [7, 11) is -3.42. The molecule has 0 bridgehead atoms. The minimum Gasteiger partial charge on any atom is -0.281 e. The molecule has 0 unspecified atom stereocenters. The monoisotopic (exact) mass is 335 g/mol. The van der Waals surface area contributed by atoms with Crippen molar-refractivity contribution in [2.45, 2.75) is 42.3 Å². The Morgan fingerprint density at radius 1 is 1.44 bits per heavy atom. The molecule has 7 heteroatoms. The number of sulfonamides is 1. The number of nitrogens with zero attached hydrogens (tertiary/aromatic N) is 1. The summed E-state index contributed by atoms with van der Waals surface area (Å²) in [5.74, 6) is 0.445. The molecule has 2 N–H and O–H groups in total. The van der Waals surface area contributed by atoms with Crippen LogP contribution in [0.15, 0.2) is 11.1 Å². The van der Waals surface area contributed by atoms with Crippen LogP contribution in [0.25, 0.3) is 0 Å². The second-order valence-electron chi connectivity index (χ2n) is 4.83. The Bertz CT molecular complexity index is 492. The van der Waals surface area contributed by atoms with Gasteiger partial charge in [-0.3, -0.25) is 5.10 Å². The van der Waals surface area contributed by atoms with Crippen LogP contribution in [-0.2, 0) is 10.0 Å². The molecule has 0 radical (unpaired) electrons. The number of rotatable bonds is 4. The first-order valence-corrected chi connectivity index (χ1v) is 8.52. The third-order valence-corrected chi connectivity index (χ3v) is 5.86. The maximum absolute atomic E-state index is 12.0. The minimum atomic E-state index is -3.42. The topological polar surface area (TPSA) is 74.8 Å². The van der Waals surface area contributed by atoms with Crippen molar-refractivity contribution >= 4 is 26.0 Å². The molecule has 0 spiro atoms. The standard InChI is InChI=1S/C11H18BrN3O2S/c1-8-11(7-13-15-8)18(16,17)14-6-9-2-4-10(12)5-3-9/h7,9-10,14H,2-6H2,1H3,(H,13,15). The maximum atomic E-state index is 12.0. The van der Waals surface area contributed by atoms with Crippen molar-refractivity contribution in [3.63, 3.8) is 0 Å². The summed E-state index contributed by atoms with van der Waals surface area (Å²) in [5.41, 5.74) is 0.576. The zero-order valence-electron chi connectivity index (χ0n) is 10.3. The van der Waals surface area contributed by atoms with Gasteiger partial charge in [-0.1, -0.05) is 15.9 Å². The zero-order chi connectivity index (χ0) is 13.2. The Balaban J connectivity index is 1.92. The summed E-state index contributed by atoms with van der Waals surface area (Å²) in [6.07, 6.45) is 5.74. The van der Waals surface area contributed by atoms with E-state index < -0.39 is 10.0 Å². The first kappa shape index (κ1) is 14.0. The Labute approximate surface area is 116 Å². The van der Waals surface area contributed by atoms with Crippen LogP contribution in [0.1, 0.15) is 31.4 Å². The third kappa shape index (κ3) is 3.33. The van der Waals surface area contributed by atoms with E-state index in [1.165, 1.54) is 6.20 Å². The van der Waals surface area contributed by atoms with Crippen LogP contribution in [0.3, 0.4) is 0 Å². The number of hydrogen-bond donors (Lipinski definition) is 2. The van der Waals surface area contributed by atoms with Crippen molar-refractivity contribution in [2.75, 3.05) is 6.54 Å². The van der Waals surface area contributed by atoms with E-state index in [0.29, 0.717) is 23.0 Å². The first-order valence-electron chi connectivity index (χ1n) is 6.13.